The van der Waals surface area contributed by atoms with Crippen molar-refractivity contribution in [3.63, 3.8) is 0 Å². The molecular weight excluding hydrogens is 292 g/mol. The number of nitrogens with zero attached hydrogens (tertiary/aromatic N) is 1. The van der Waals surface area contributed by atoms with E-state index in [1.807, 2.05) is 45.0 Å². The number of hydrogen-bond acceptors (Lipinski definition) is 5. The van der Waals surface area contributed by atoms with Gasteiger partial charge in [-0.15, -0.1) is 0 Å². The van der Waals surface area contributed by atoms with Gasteiger partial charge in [-0.05, 0) is 29.7 Å². The molecule has 0 saturated carbocycles. The van der Waals surface area contributed by atoms with Crippen molar-refractivity contribution in [1.29, 1.82) is 0 Å². The standard InChI is InChI=1S/C18H24N2O3/c1-18(2,3)12-9-11(10-13(19)16(12)21)14-7-6-8-15(20-14)17(22-4)23-5/h6-10,17,21H,19H2,1-5H3. The van der Waals surface area contributed by atoms with Gasteiger partial charge in [0.25, 0.3) is 0 Å². The summed E-state index contributed by atoms with van der Waals surface area (Å²) in [5.74, 6) is 0.129. The highest BCUT2D eigenvalue weighted by atomic mass is 16.7. The van der Waals surface area contributed by atoms with Gasteiger partial charge in [-0.3, -0.25) is 0 Å². The topological polar surface area (TPSA) is 77.6 Å². The highest BCUT2D eigenvalue weighted by Gasteiger charge is 2.21. The smallest absolute Gasteiger partial charge is 0.200 e. The maximum Gasteiger partial charge on any atom is 0.200 e. The number of anilines is 1. The Bertz CT molecular complexity index is 689. The van der Waals surface area contributed by atoms with Crippen LogP contribution < -0.4 is 5.73 Å². The second kappa shape index (κ2) is 6.56. The Kier molecular flexibility index (Phi) is 4.92. The summed E-state index contributed by atoms with van der Waals surface area (Å²) in [4.78, 5) is 4.59. The molecule has 0 spiro atoms. The van der Waals surface area contributed by atoms with E-state index in [0.717, 1.165) is 16.8 Å². The van der Waals surface area contributed by atoms with Crippen LogP contribution in [0.4, 0.5) is 5.69 Å². The second-order valence-corrected chi connectivity index (χ2v) is 6.46. The molecule has 2 rings (SSSR count). The number of rotatable bonds is 4. The maximum atomic E-state index is 10.2. The molecular formula is C18H24N2O3. The molecule has 0 amide bonds. The first-order valence-electron chi connectivity index (χ1n) is 7.43. The molecule has 23 heavy (non-hydrogen) atoms. The van der Waals surface area contributed by atoms with Gasteiger partial charge in [0.2, 0.25) is 6.29 Å². The minimum Gasteiger partial charge on any atom is -0.505 e. The summed E-state index contributed by atoms with van der Waals surface area (Å²) in [5, 5.41) is 10.2. The number of benzene rings is 1. The van der Waals surface area contributed by atoms with Crippen molar-refractivity contribution >= 4 is 5.69 Å². The summed E-state index contributed by atoms with van der Waals surface area (Å²) >= 11 is 0. The van der Waals surface area contributed by atoms with Gasteiger partial charge in [0.05, 0.1) is 17.1 Å². The zero-order valence-electron chi connectivity index (χ0n) is 14.3. The SMILES string of the molecule is COC(OC)c1cccc(-c2cc(N)c(O)c(C(C)(C)C)c2)n1. The van der Waals surface area contributed by atoms with Gasteiger partial charge in [0, 0.05) is 25.3 Å². The van der Waals surface area contributed by atoms with Gasteiger partial charge < -0.3 is 20.3 Å². The summed E-state index contributed by atoms with van der Waals surface area (Å²) in [6.45, 7) is 6.09. The quantitative estimate of drug-likeness (QED) is 0.512. The van der Waals surface area contributed by atoms with Crippen molar-refractivity contribution in [2.75, 3.05) is 20.0 Å². The number of pyridine rings is 1. The van der Waals surface area contributed by atoms with E-state index in [1.54, 1.807) is 20.3 Å². The summed E-state index contributed by atoms with van der Waals surface area (Å²) in [6.07, 6.45) is -0.522. The van der Waals surface area contributed by atoms with Crippen molar-refractivity contribution in [2.24, 2.45) is 0 Å². The Morgan fingerprint density at radius 1 is 1.13 bits per heavy atom. The number of aromatic nitrogens is 1. The molecule has 1 heterocycles. The molecule has 2 aromatic rings. The number of methoxy groups -OCH3 is 2. The average Bonchev–Trinajstić information content (AvgIpc) is 2.50. The van der Waals surface area contributed by atoms with Crippen LogP contribution in [-0.4, -0.2) is 24.3 Å². The predicted molar refractivity (Wildman–Crippen MR) is 91.2 cm³/mol. The average molecular weight is 316 g/mol. The number of ether oxygens (including phenoxy) is 2. The van der Waals surface area contributed by atoms with Crippen molar-refractivity contribution in [2.45, 2.75) is 32.5 Å². The molecule has 0 radical (unpaired) electrons. The van der Waals surface area contributed by atoms with Crippen LogP contribution in [0.3, 0.4) is 0 Å². The van der Waals surface area contributed by atoms with Crippen LogP contribution in [0.25, 0.3) is 11.3 Å². The highest BCUT2D eigenvalue weighted by Crippen LogP contribution is 2.38. The van der Waals surface area contributed by atoms with E-state index in [2.05, 4.69) is 4.98 Å². The number of aromatic hydroxyl groups is 1. The third kappa shape index (κ3) is 3.63. The third-order valence-corrected chi connectivity index (χ3v) is 3.68. The van der Waals surface area contributed by atoms with Crippen LogP contribution in [0.2, 0.25) is 0 Å². The van der Waals surface area contributed by atoms with Gasteiger partial charge >= 0.3 is 0 Å². The van der Waals surface area contributed by atoms with Gasteiger partial charge in [0.15, 0.2) is 0 Å². The van der Waals surface area contributed by atoms with Crippen molar-refractivity contribution in [3.8, 4) is 17.0 Å². The molecule has 0 aliphatic carbocycles. The largest absolute Gasteiger partial charge is 0.505 e. The van der Waals surface area contributed by atoms with Crippen molar-refractivity contribution in [1.82, 2.24) is 4.98 Å². The molecule has 124 valence electrons. The molecule has 3 N–H and O–H groups in total. The van der Waals surface area contributed by atoms with E-state index >= 15 is 0 Å². The second-order valence-electron chi connectivity index (χ2n) is 6.46. The molecule has 1 aromatic carbocycles. The van der Waals surface area contributed by atoms with E-state index in [-0.39, 0.29) is 11.2 Å². The van der Waals surface area contributed by atoms with Gasteiger partial charge in [-0.1, -0.05) is 26.8 Å². The predicted octanol–water partition coefficient (Wildman–Crippen LogP) is 3.63. The van der Waals surface area contributed by atoms with Gasteiger partial charge in [-0.2, -0.15) is 0 Å². The lowest BCUT2D eigenvalue weighted by Crippen LogP contribution is -2.12. The first kappa shape index (κ1) is 17.2. The van der Waals surface area contributed by atoms with E-state index < -0.39 is 6.29 Å². The molecule has 0 fully saturated rings. The maximum absolute atomic E-state index is 10.2. The zero-order valence-corrected chi connectivity index (χ0v) is 14.3. The molecule has 5 nitrogen and oxygen atoms in total. The van der Waals surface area contributed by atoms with Crippen molar-refractivity contribution in [3.05, 3.63) is 41.6 Å². The highest BCUT2D eigenvalue weighted by molar-refractivity contribution is 5.71. The number of hydrogen-bond donors (Lipinski definition) is 2. The fourth-order valence-corrected chi connectivity index (χ4v) is 2.46. The normalized spacial score (nSPS) is 11.9. The fourth-order valence-electron chi connectivity index (χ4n) is 2.46. The van der Waals surface area contributed by atoms with Gasteiger partial charge in [0.1, 0.15) is 5.75 Å². The third-order valence-electron chi connectivity index (χ3n) is 3.68. The molecule has 5 heteroatoms. The Morgan fingerprint density at radius 3 is 2.35 bits per heavy atom. The Labute approximate surface area is 137 Å². The fraction of sp³-hybridized carbons (Fsp3) is 0.389. The minimum atomic E-state index is -0.522. The van der Waals surface area contributed by atoms with Crippen LogP contribution in [0, 0.1) is 0 Å². The Hall–Kier alpha value is -2.11. The number of phenolic OH excluding ortho intramolecular Hbond substituents is 1. The van der Waals surface area contributed by atoms with Crippen molar-refractivity contribution < 1.29 is 14.6 Å². The molecule has 0 unspecified atom stereocenters. The Morgan fingerprint density at radius 2 is 1.78 bits per heavy atom. The van der Waals surface area contributed by atoms with Crippen LogP contribution in [0.1, 0.15) is 38.3 Å². The summed E-state index contributed by atoms with van der Waals surface area (Å²) < 4.78 is 10.5. The van der Waals surface area contributed by atoms with Crippen LogP contribution in [0.5, 0.6) is 5.75 Å². The number of nitrogen functional groups attached to an aromatic ring is 1. The zero-order chi connectivity index (χ0) is 17.2. The molecule has 0 aliphatic heterocycles. The lowest BCUT2D eigenvalue weighted by molar-refractivity contribution is -0.108. The summed E-state index contributed by atoms with van der Waals surface area (Å²) in [5.41, 5.74) is 9.15. The minimum absolute atomic E-state index is 0.129. The monoisotopic (exact) mass is 316 g/mol. The number of nitrogens with two attached hydrogens (primary N) is 1. The molecule has 0 aliphatic rings. The van der Waals surface area contributed by atoms with Gasteiger partial charge in [-0.25, -0.2) is 4.98 Å². The number of phenols is 1. The molecule has 0 saturated heterocycles. The molecule has 1 aromatic heterocycles. The van der Waals surface area contributed by atoms with E-state index in [0.29, 0.717) is 11.4 Å². The van der Waals surface area contributed by atoms with E-state index in [9.17, 15) is 5.11 Å². The first-order chi connectivity index (χ1) is 10.8. The summed E-state index contributed by atoms with van der Waals surface area (Å²) in [6, 6.07) is 9.28. The van der Waals surface area contributed by atoms with E-state index in [4.69, 9.17) is 15.2 Å². The molecule has 0 bridgehead atoms. The van der Waals surface area contributed by atoms with Crippen LogP contribution in [-0.2, 0) is 14.9 Å². The molecule has 0 atom stereocenters. The Balaban J connectivity index is 2.55. The van der Waals surface area contributed by atoms with E-state index in [1.165, 1.54) is 0 Å². The lowest BCUT2D eigenvalue weighted by atomic mass is 9.84. The first-order valence-corrected chi connectivity index (χ1v) is 7.43. The van der Waals surface area contributed by atoms with Crippen LogP contribution in [0.15, 0.2) is 30.3 Å². The van der Waals surface area contributed by atoms with Crippen LogP contribution >= 0.6 is 0 Å². The lowest BCUT2D eigenvalue weighted by Gasteiger charge is -2.22. The summed E-state index contributed by atoms with van der Waals surface area (Å²) in [7, 11) is 3.14.